The lowest BCUT2D eigenvalue weighted by molar-refractivity contribution is 0.146. The molecule has 0 saturated heterocycles. The molecule has 7 nitrogen and oxygen atoms in total. The Hall–Kier alpha value is -2.88. The summed E-state index contributed by atoms with van der Waals surface area (Å²) >= 11 is 0. The van der Waals surface area contributed by atoms with Crippen molar-refractivity contribution in [1.82, 2.24) is 19.7 Å². The van der Waals surface area contributed by atoms with Gasteiger partial charge in [0.15, 0.2) is 5.65 Å². The lowest BCUT2D eigenvalue weighted by Crippen LogP contribution is -2.22. The Morgan fingerprint density at radius 2 is 1.97 bits per heavy atom. The van der Waals surface area contributed by atoms with Gasteiger partial charge in [0.25, 0.3) is 12.0 Å². The number of halogens is 3. The Labute approximate surface area is 164 Å². The summed E-state index contributed by atoms with van der Waals surface area (Å²) in [6.45, 7) is 3.23. The molecule has 1 aromatic carbocycles. The van der Waals surface area contributed by atoms with Crippen molar-refractivity contribution in [2.24, 2.45) is 5.92 Å². The number of aliphatic hydroxyl groups is 1. The molecule has 1 atom stereocenters. The molecular formula is C19H22F3N5O2. The maximum absolute atomic E-state index is 14.2. The van der Waals surface area contributed by atoms with E-state index in [4.69, 9.17) is 0 Å². The Bertz CT molecular complexity index is 1090. The van der Waals surface area contributed by atoms with Crippen LogP contribution in [0.1, 0.15) is 43.1 Å². The van der Waals surface area contributed by atoms with Crippen LogP contribution in [0.4, 0.5) is 19.1 Å². The third-order valence-electron chi connectivity index (χ3n) is 4.69. The van der Waals surface area contributed by atoms with Gasteiger partial charge < -0.3 is 10.0 Å². The zero-order valence-corrected chi connectivity index (χ0v) is 16.4. The lowest BCUT2D eigenvalue weighted by Gasteiger charge is -2.23. The van der Waals surface area contributed by atoms with Crippen molar-refractivity contribution in [2.45, 2.75) is 32.9 Å². The van der Waals surface area contributed by atoms with Crippen LogP contribution >= 0.6 is 0 Å². The molecule has 2 heterocycles. The zero-order valence-electron chi connectivity index (χ0n) is 16.4. The number of rotatable bonds is 6. The molecule has 3 aromatic rings. The fourth-order valence-corrected chi connectivity index (χ4v) is 3.33. The number of aromatic amines is 1. The molecule has 0 radical (unpaired) electrons. The number of benzene rings is 1. The van der Waals surface area contributed by atoms with Crippen molar-refractivity contribution in [1.29, 1.82) is 0 Å². The van der Waals surface area contributed by atoms with Crippen LogP contribution in [0, 0.1) is 11.7 Å². The Morgan fingerprint density at radius 1 is 1.28 bits per heavy atom. The summed E-state index contributed by atoms with van der Waals surface area (Å²) < 4.78 is 41.5. The van der Waals surface area contributed by atoms with Gasteiger partial charge in [-0.2, -0.15) is 10.1 Å². The maximum atomic E-state index is 14.2. The second-order valence-corrected chi connectivity index (χ2v) is 7.30. The minimum absolute atomic E-state index is 0.133. The van der Waals surface area contributed by atoms with Gasteiger partial charge in [-0.3, -0.25) is 9.78 Å². The van der Waals surface area contributed by atoms with E-state index in [1.54, 1.807) is 19.0 Å². The minimum Gasteiger partial charge on any atom is -0.390 e. The number of nitrogens with zero attached hydrogens (tertiary/aromatic N) is 4. The molecule has 0 aliphatic rings. The maximum Gasteiger partial charge on any atom is 0.266 e. The second-order valence-electron chi connectivity index (χ2n) is 7.30. The molecule has 29 heavy (non-hydrogen) atoms. The van der Waals surface area contributed by atoms with Gasteiger partial charge in [0.2, 0.25) is 5.95 Å². The first-order chi connectivity index (χ1) is 13.6. The molecule has 1 unspecified atom stereocenters. The summed E-state index contributed by atoms with van der Waals surface area (Å²) in [5.41, 5.74) is -0.380. The van der Waals surface area contributed by atoms with E-state index in [0.29, 0.717) is 5.56 Å². The third kappa shape index (κ3) is 3.71. The highest BCUT2D eigenvalue weighted by molar-refractivity contribution is 5.78. The topological polar surface area (TPSA) is 87.0 Å². The number of hydrogen-bond acceptors (Lipinski definition) is 5. The second kappa shape index (κ2) is 7.86. The number of anilines is 1. The van der Waals surface area contributed by atoms with Crippen molar-refractivity contribution >= 4 is 17.0 Å². The van der Waals surface area contributed by atoms with E-state index in [-0.39, 0.29) is 28.6 Å². The third-order valence-corrected chi connectivity index (χ3v) is 4.69. The fraction of sp³-hybridized carbons (Fsp3) is 0.421. The van der Waals surface area contributed by atoms with E-state index < -0.39 is 36.0 Å². The van der Waals surface area contributed by atoms with Gasteiger partial charge in [-0.15, -0.1) is 0 Å². The largest absolute Gasteiger partial charge is 0.390 e. The SMILES string of the molecule is CC(C)C(c1ccc(C(F)F)c(F)c1)n1nc(CO)c2c(=O)[nH]c(N(C)C)nc21. The van der Waals surface area contributed by atoms with Crippen LogP contribution in [0.3, 0.4) is 0 Å². The number of nitrogens with one attached hydrogen (secondary N) is 1. The van der Waals surface area contributed by atoms with Crippen molar-refractivity contribution in [3.63, 3.8) is 0 Å². The predicted octanol–water partition coefficient (Wildman–Crippen LogP) is 3.00. The summed E-state index contributed by atoms with van der Waals surface area (Å²) in [6.07, 6.45) is -2.92. The van der Waals surface area contributed by atoms with Gasteiger partial charge in [0.1, 0.15) is 16.9 Å². The molecule has 2 N–H and O–H groups in total. The first-order valence-electron chi connectivity index (χ1n) is 9.02. The van der Waals surface area contributed by atoms with Crippen LogP contribution < -0.4 is 10.5 Å². The monoisotopic (exact) mass is 409 g/mol. The molecule has 0 saturated carbocycles. The highest BCUT2D eigenvalue weighted by Crippen LogP contribution is 2.32. The Morgan fingerprint density at radius 3 is 2.48 bits per heavy atom. The van der Waals surface area contributed by atoms with E-state index >= 15 is 0 Å². The molecule has 0 amide bonds. The van der Waals surface area contributed by atoms with Crippen LogP contribution in [0.5, 0.6) is 0 Å². The van der Waals surface area contributed by atoms with Crippen molar-refractivity contribution in [2.75, 3.05) is 19.0 Å². The van der Waals surface area contributed by atoms with Crippen LogP contribution in [0.15, 0.2) is 23.0 Å². The van der Waals surface area contributed by atoms with Gasteiger partial charge in [-0.1, -0.05) is 26.0 Å². The lowest BCUT2D eigenvalue weighted by atomic mass is 9.95. The normalized spacial score (nSPS) is 12.9. The van der Waals surface area contributed by atoms with Gasteiger partial charge in [0.05, 0.1) is 18.2 Å². The smallest absolute Gasteiger partial charge is 0.266 e. The van der Waals surface area contributed by atoms with E-state index in [1.807, 2.05) is 13.8 Å². The molecule has 0 aliphatic heterocycles. The standard InChI is InChI=1S/C19H22F3N5O2/c1-9(2)15(10-5-6-11(16(21)22)12(20)7-10)27-17-14(13(8-28)25-27)18(29)24-19(23-17)26(3)4/h5-7,9,15-16,28H,8H2,1-4H3,(H,23,24,29). The highest BCUT2D eigenvalue weighted by Gasteiger charge is 2.27. The Kier molecular flexibility index (Phi) is 5.65. The number of alkyl halides is 2. The van der Waals surface area contributed by atoms with Gasteiger partial charge in [-0.25, -0.2) is 17.9 Å². The molecule has 156 valence electrons. The summed E-state index contributed by atoms with van der Waals surface area (Å²) in [7, 11) is 3.41. The number of aromatic nitrogens is 4. The minimum atomic E-state index is -2.92. The molecule has 0 bridgehead atoms. The summed E-state index contributed by atoms with van der Waals surface area (Å²) in [4.78, 5) is 21.3. The van der Waals surface area contributed by atoms with Crippen LogP contribution in [0.2, 0.25) is 0 Å². The predicted molar refractivity (Wildman–Crippen MR) is 103 cm³/mol. The first kappa shape index (κ1) is 20.8. The van der Waals surface area contributed by atoms with Gasteiger partial charge >= 0.3 is 0 Å². The highest BCUT2D eigenvalue weighted by atomic mass is 19.3. The van der Waals surface area contributed by atoms with Crippen molar-refractivity contribution in [3.8, 4) is 0 Å². The molecule has 10 heteroatoms. The Balaban J connectivity index is 2.28. The molecule has 3 rings (SSSR count). The van der Waals surface area contributed by atoms with E-state index in [1.165, 1.54) is 10.7 Å². The van der Waals surface area contributed by atoms with Crippen molar-refractivity contribution < 1.29 is 18.3 Å². The summed E-state index contributed by atoms with van der Waals surface area (Å²) in [5, 5.41) is 14.2. The van der Waals surface area contributed by atoms with Gasteiger partial charge in [0, 0.05) is 14.1 Å². The molecular weight excluding hydrogens is 387 g/mol. The van der Waals surface area contributed by atoms with E-state index in [2.05, 4.69) is 15.1 Å². The van der Waals surface area contributed by atoms with Gasteiger partial charge in [-0.05, 0) is 17.5 Å². The van der Waals surface area contributed by atoms with E-state index in [9.17, 15) is 23.1 Å². The number of H-pyrrole nitrogens is 1. The zero-order chi connectivity index (χ0) is 21.5. The quantitative estimate of drug-likeness (QED) is 0.654. The summed E-state index contributed by atoms with van der Waals surface area (Å²) in [6, 6.07) is 2.93. The average molecular weight is 409 g/mol. The van der Waals surface area contributed by atoms with Crippen LogP contribution in [-0.4, -0.2) is 39.0 Å². The number of hydrogen-bond donors (Lipinski definition) is 2. The fourth-order valence-electron chi connectivity index (χ4n) is 3.33. The van der Waals surface area contributed by atoms with Crippen LogP contribution in [-0.2, 0) is 6.61 Å². The summed E-state index contributed by atoms with van der Waals surface area (Å²) in [5.74, 6) is -0.873. The van der Waals surface area contributed by atoms with Crippen molar-refractivity contribution in [3.05, 3.63) is 51.2 Å². The molecule has 2 aromatic heterocycles. The molecule has 0 aliphatic carbocycles. The van der Waals surface area contributed by atoms with Crippen LogP contribution in [0.25, 0.3) is 11.0 Å². The number of aliphatic hydroxyl groups excluding tert-OH is 1. The molecule has 0 fully saturated rings. The average Bonchev–Trinajstić information content (AvgIpc) is 3.00. The number of fused-ring (bicyclic) bond motifs is 1. The molecule has 0 spiro atoms. The van der Waals surface area contributed by atoms with E-state index in [0.717, 1.165) is 12.1 Å². The first-order valence-corrected chi connectivity index (χ1v) is 9.02.